The van der Waals surface area contributed by atoms with E-state index in [4.69, 9.17) is 4.74 Å². The molecule has 0 bridgehead atoms. The summed E-state index contributed by atoms with van der Waals surface area (Å²) in [5.41, 5.74) is 2.27. The Labute approximate surface area is 185 Å². The van der Waals surface area contributed by atoms with Crippen LogP contribution >= 0.6 is 0 Å². The Hall–Kier alpha value is -4.00. The second-order valence-corrected chi connectivity index (χ2v) is 7.35. The molecule has 2 aromatic carbocycles. The summed E-state index contributed by atoms with van der Waals surface area (Å²) in [7, 11) is 0. The molecule has 7 heteroatoms. The molecule has 6 nitrogen and oxygen atoms in total. The summed E-state index contributed by atoms with van der Waals surface area (Å²) in [4.78, 5) is 29.8. The number of halogens is 1. The van der Waals surface area contributed by atoms with Crippen LogP contribution in [0.4, 0.5) is 10.1 Å². The first-order valence-corrected chi connectivity index (χ1v) is 10.3. The Kier molecular flexibility index (Phi) is 6.55. The van der Waals surface area contributed by atoms with Crippen LogP contribution < -0.4 is 15.0 Å². The zero-order valence-electron chi connectivity index (χ0n) is 17.3. The van der Waals surface area contributed by atoms with Gasteiger partial charge in [0, 0.05) is 37.5 Å². The number of nitrogens with zero attached hydrogens (tertiary/aromatic N) is 2. The molecule has 0 aliphatic carbocycles. The van der Waals surface area contributed by atoms with Gasteiger partial charge in [-0.15, -0.1) is 0 Å². The van der Waals surface area contributed by atoms with Crippen molar-refractivity contribution in [3.63, 3.8) is 0 Å². The van der Waals surface area contributed by atoms with Crippen molar-refractivity contribution in [1.82, 2.24) is 10.3 Å². The highest BCUT2D eigenvalue weighted by Gasteiger charge is 2.21. The predicted octanol–water partition coefficient (Wildman–Crippen LogP) is 4.47. The molecule has 1 saturated heterocycles. The number of benzene rings is 2. The number of nitrogens with one attached hydrogen (secondary N) is 1. The Balaban J connectivity index is 1.33. The van der Waals surface area contributed by atoms with Crippen LogP contribution in [0, 0.1) is 5.82 Å². The van der Waals surface area contributed by atoms with E-state index in [9.17, 15) is 14.0 Å². The van der Waals surface area contributed by atoms with E-state index < -0.39 is 5.82 Å². The molecule has 1 fully saturated rings. The number of carbonyl (C=O) groups excluding carboxylic acids is 2. The molecule has 1 aliphatic rings. The van der Waals surface area contributed by atoms with Gasteiger partial charge in [0.2, 0.25) is 11.8 Å². The van der Waals surface area contributed by atoms with Gasteiger partial charge >= 0.3 is 0 Å². The van der Waals surface area contributed by atoms with Crippen LogP contribution in [0.25, 0.3) is 6.08 Å². The summed E-state index contributed by atoms with van der Waals surface area (Å²) >= 11 is 0. The molecule has 0 radical (unpaired) electrons. The monoisotopic (exact) mass is 431 g/mol. The lowest BCUT2D eigenvalue weighted by Crippen LogP contribution is -2.24. The summed E-state index contributed by atoms with van der Waals surface area (Å²) in [6.45, 7) is 1.05. The topological polar surface area (TPSA) is 71.5 Å². The number of ether oxygens (including phenoxy) is 1. The van der Waals surface area contributed by atoms with Crippen molar-refractivity contribution in [3.8, 4) is 11.5 Å². The smallest absolute Gasteiger partial charge is 0.244 e. The standard InChI is InChI=1S/C25H22FN3O3/c26-22-15-18(8-10-23(22)32-21-6-2-12-27-17-21)9-11-24(30)28-16-19-4-1-5-20(14-19)29-13-3-7-25(29)31/h1-2,4-6,8-12,14-15,17H,3,7,13,16H2,(H,28,30)/b11-9+. The van der Waals surface area contributed by atoms with Crippen molar-refractivity contribution >= 4 is 23.6 Å². The fourth-order valence-corrected chi connectivity index (χ4v) is 3.41. The normalized spacial score (nSPS) is 13.5. The maximum absolute atomic E-state index is 14.3. The van der Waals surface area contributed by atoms with Crippen LogP contribution in [0.1, 0.15) is 24.0 Å². The molecular weight excluding hydrogens is 409 g/mol. The highest BCUT2D eigenvalue weighted by atomic mass is 19.1. The van der Waals surface area contributed by atoms with E-state index in [2.05, 4.69) is 10.3 Å². The van der Waals surface area contributed by atoms with Gasteiger partial charge in [0.05, 0.1) is 6.20 Å². The fraction of sp³-hybridized carbons (Fsp3) is 0.160. The number of hydrogen-bond donors (Lipinski definition) is 1. The van der Waals surface area contributed by atoms with Gasteiger partial charge in [-0.05, 0) is 60.0 Å². The average molecular weight is 431 g/mol. The van der Waals surface area contributed by atoms with Gasteiger partial charge in [-0.3, -0.25) is 14.6 Å². The van der Waals surface area contributed by atoms with Crippen LogP contribution in [0.15, 0.2) is 73.1 Å². The molecule has 1 N–H and O–H groups in total. The Morgan fingerprint density at radius 2 is 2.09 bits per heavy atom. The number of pyridine rings is 1. The first kappa shape index (κ1) is 21.2. The zero-order valence-corrected chi connectivity index (χ0v) is 17.3. The lowest BCUT2D eigenvalue weighted by atomic mass is 10.1. The summed E-state index contributed by atoms with van der Waals surface area (Å²) in [5, 5.41) is 2.80. The third kappa shape index (κ3) is 5.37. The minimum absolute atomic E-state index is 0.0796. The van der Waals surface area contributed by atoms with Gasteiger partial charge in [0.25, 0.3) is 0 Å². The van der Waals surface area contributed by atoms with Crippen molar-refractivity contribution in [3.05, 3.63) is 90.0 Å². The molecule has 2 heterocycles. The van der Waals surface area contributed by atoms with Gasteiger partial charge in [0.15, 0.2) is 11.6 Å². The number of carbonyl (C=O) groups is 2. The Bertz CT molecular complexity index is 1150. The molecule has 162 valence electrons. The molecule has 1 aromatic heterocycles. The van der Waals surface area contributed by atoms with Crippen molar-refractivity contribution in [2.45, 2.75) is 19.4 Å². The third-order valence-corrected chi connectivity index (χ3v) is 5.01. The quantitative estimate of drug-likeness (QED) is 0.561. The van der Waals surface area contributed by atoms with E-state index in [0.717, 1.165) is 24.2 Å². The van der Waals surface area contributed by atoms with Gasteiger partial charge in [0.1, 0.15) is 5.75 Å². The summed E-state index contributed by atoms with van der Waals surface area (Å²) in [6.07, 6.45) is 7.42. The second kappa shape index (κ2) is 9.87. The molecule has 0 saturated carbocycles. The van der Waals surface area contributed by atoms with Crippen LogP contribution in [0.5, 0.6) is 11.5 Å². The maximum Gasteiger partial charge on any atom is 0.244 e. The number of anilines is 1. The summed E-state index contributed by atoms with van der Waals surface area (Å²) in [6, 6.07) is 15.4. The molecule has 32 heavy (non-hydrogen) atoms. The maximum atomic E-state index is 14.3. The number of rotatable bonds is 7. The van der Waals surface area contributed by atoms with Crippen LogP contribution in [0.2, 0.25) is 0 Å². The molecular formula is C25H22FN3O3. The van der Waals surface area contributed by atoms with E-state index in [1.165, 1.54) is 30.5 Å². The number of hydrogen-bond acceptors (Lipinski definition) is 4. The Morgan fingerprint density at radius 3 is 2.84 bits per heavy atom. The van der Waals surface area contributed by atoms with Crippen molar-refractivity contribution in [1.29, 1.82) is 0 Å². The number of aromatic nitrogens is 1. The average Bonchev–Trinajstić information content (AvgIpc) is 3.25. The summed E-state index contributed by atoms with van der Waals surface area (Å²) in [5.74, 6) is -0.199. The predicted molar refractivity (Wildman–Crippen MR) is 120 cm³/mol. The zero-order chi connectivity index (χ0) is 22.3. The van der Waals surface area contributed by atoms with E-state index in [-0.39, 0.29) is 17.6 Å². The highest BCUT2D eigenvalue weighted by Crippen LogP contribution is 2.25. The molecule has 1 aliphatic heterocycles. The molecule has 4 rings (SSSR count). The number of amides is 2. The molecule has 3 aromatic rings. The highest BCUT2D eigenvalue weighted by molar-refractivity contribution is 5.95. The lowest BCUT2D eigenvalue weighted by molar-refractivity contribution is -0.117. The molecule has 2 amide bonds. The SMILES string of the molecule is O=C(/C=C/c1ccc(Oc2cccnc2)c(F)c1)NCc1cccc(N2CCCC2=O)c1. The van der Waals surface area contributed by atoms with Crippen LogP contribution in [-0.2, 0) is 16.1 Å². The minimum atomic E-state index is -0.537. The van der Waals surface area contributed by atoms with Gasteiger partial charge in [-0.25, -0.2) is 4.39 Å². The molecule has 0 spiro atoms. The second-order valence-electron chi connectivity index (χ2n) is 7.35. The van der Waals surface area contributed by atoms with Crippen molar-refractivity contribution < 1.29 is 18.7 Å². The Morgan fingerprint density at radius 1 is 1.19 bits per heavy atom. The van der Waals surface area contributed by atoms with Crippen LogP contribution in [-0.4, -0.2) is 23.3 Å². The minimum Gasteiger partial charge on any atom is -0.453 e. The van der Waals surface area contributed by atoms with E-state index >= 15 is 0 Å². The van der Waals surface area contributed by atoms with Crippen LogP contribution in [0.3, 0.4) is 0 Å². The van der Waals surface area contributed by atoms with E-state index in [1.54, 1.807) is 29.3 Å². The molecule has 0 atom stereocenters. The van der Waals surface area contributed by atoms with E-state index in [0.29, 0.717) is 24.3 Å². The largest absolute Gasteiger partial charge is 0.453 e. The first-order valence-electron chi connectivity index (χ1n) is 10.3. The summed E-state index contributed by atoms with van der Waals surface area (Å²) < 4.78 is 19.8. The van der Waals surface area contributed by atoms with Gasteiger partial charge < -0.3 is 15.0 Å². The lowest BCUT2D eigenvalue weighted by Gasteiger charge is -2.16. The van der Waals surface area contributed by atoms with Gasteiger partial charge in [-0.1, -0.05) is 18.2 Å². The van der Waals surface area contributed by atoms with E-state index in [1.807, 2.05) is 24.3 Å². The third-order valence-electron chi connectivity index (χ3n) is 5.01. The first-order chi connectivity index (χ1) is 15.6. The van der Waals surface area contributed by atoms with Gasteiger partial charge in [-0.2, -0.15) is 0 Å². The van der Waals surface area contributed by atoms with Crippen molar-refractivity contribution in [2.75, 3.05) is 11.4 Å². The van der Waals surface area contributed by atoms with Crippen molar-refractivity contribution in [2.24, 2.45) is 0 Å². The molecule has 0 unspecified atom stereocenters. The fourth-order valence-electron chi connectivity index (χ4n) is 3.41.